The zero-order chi connectivity index (χ0) is 26.4. The molecule has 0 spiro atoms. The number of hydrogen-bond donors (Lipinski definition) is 5. The van der Waals surface area contributed by atoms with E-state index in [-0.39, 0.29) is 17.7 Å². The molecule has 1 amide bonds. The van der Waals surface area contributed by atoms with Gasteiger partial charge >= 0.3 is 0 Å². The van der Waals surface area contributed by atoms with E-state index in [9.17, 15) is 9.59 Å². The summed E-state index contributed by atoms with van der Waals surface area (Å²) in [6.45, 7) is 1.73. The molecule has 2 heterocycles. The lowest BCUT2D eigenvalue weighted by atomic mass is 9.65. The second-order valence-corrected chi connectivity index (χ2v) is 11.3. The molecule has 6 rings (SSSR count). The normalized spacial score (nSPS) is 26.6. The summed E-state index contributed by atoms with van der Waals surface area (Å²) in [6.07, 6.45) is 1.74. The topological polar surface area (TPSA) is 145 Å². The highest BCUT2D eigenvalue weighted by molar-refractivity contribution is 8.01. The smallest absolute Gasteiger partial charge is 0.234 e. The van der Waals surface area contributed by atoms with E-state index >= 15 is 0 Å². The molecule has 38 heavy (non-hydrogen) atoms. The molecule has 0 bridgehead atoms. The number of nitrogens with one attached hydrogen (secondary N) is 2. The number of benzene rings is 3. The largest absolute Gasteiger partial charge is 0.457 e. The summed E-state index contributed by atoms with van der Waals surface area (Å²) in [7, 11) is 0. The molecule has 0 saturated carbocycles. The molecule has 0 aromatic heterocycles. The molecule has 8 nitrogen and oxygen atoms in total. The third-order valence-electron chi connectivity index (χ3n) is 7.87. The maximum absolute atomic E-state index is 14.0. The first-order chi connectivity index (χ1) is 18.4. The quantitative estimate of drug-likeness (QED) is 0.317. The van der Waals surface area contributed by atoms with Crippen molar-refractivity contribution in [1.82, 2.24) is 10.6 Å². The van der Waals surface area contributed by atoms with Crippen LogP contribution in [-0.2, 0) is 15.1 Å². The standard InChI is InChI=1S/C29H31N5O3S/c30-21-11-10-20-22-23(26(38-25(21)22)28(36)34-17-12-14-33-15-13-17)24(31)27(35)29(20,32)16-6-8-19(9-7-16)37-18-4-2-1-3-5-18/h1-11,17,23-24,26,33H,12-15,30-32H2,(H,34,36). The highest BCUT2D eigenvalue weighted by Crippen LogP contribution is 2.56. The first-order valence-electron chi connectivity index (χ1n) is 12.9. The van der Waals surface area contributed by atoms with Gasteiger partial charge in [-0.25, -0.2) is 0 Å². The highest BCUT2D eigenvalue weighted by Gasteiger charge is 2.56. The summed E-state index contributed by atoms with van der Waals surface area (Å²) in [5.74, 6) is 0.415. The third kappa shape index (κ3) is 4.06. The average Bonchev–Trinajstić information content (AvgIpc) is 3.35. The Hall–Kier alpha value is -3.37. The molecule has 0 radical (unpaired) electrons. The summed E-state index contributed by atoms with van der Waals surface area (Å²) < 4.78 is 5.92. The number of piperidine rings is 1. The summed E-state index contributed by atoms with van der Waals surface area (Å²) in [5.41, 5.74) is 21.2. The monoisotopic (exact) mass is 529 g/mol. The Kier molecular flexibility index (Phi) is 6.39. The molecule has 4 unspecified atom stereocenters. The molecule has 196 valence electrons. The van der Waals surface area contributed by atoms with Crippen molar-refractivity contribution in [3.8, 4) is 11.5 Å². The minimum Gasteiger partial charge on any atom is -0.457 e. The van der Waals surface area contributed by atoms with Crippen molar-refractivity contribution in [3.05, 3.63) is 83.4 Å². The van der Waals surface area contributed by atoms with Crippen LogP contribution >= 0.6 is 11.8 Å². The third-order valence-corrected chi connectivity index (χ3v) is 9.32. The van der Waals surface area contributed by atoms with Crippen LogP contribution in [0.2, 0.25) is 0 Å². The van der Waals surface area contributed by atoms with Gasteiger partial charge in [0.1, 0.15) is 17.0 Å². The number of carbonyl (C=O) groups excluding carboxylic acids is 2. The summed E-state index contributed by atoms with van der Waals surface area (Å²) in [6, 6.07) is 19.4. The van der Waals surface area contributed by atoms with E-state index in [0.717, 1.165) is 36.4 Å². The van der Waals surface area contributed by atoms with Crippen molar-refractivity contribution in [3.63, 3.8) is 0 Å². The van der Waals surface area contributed by atoms with Crippen LogP contribution in [0.15, 0.2) is 71.6 Å². The van der Waals surface area contributed by atoms with Gasteiger partial charge in [-0.2, -0.15) is 0 Å². The van der Waals surface area contributed by atoms with Crippen molar-refractivity contribution in [2.75, 3.05) is 18.8 Å². The van der Waals surface area contributed by atoms with Crippen LogP contribution in [0.5, 0.6) is 11.5 Å². The van der Waals surface area contributed by atoms with E-state index in [1.165, 1.54) is 11.8 Å². The molecule has 1 aliphatic carbocycles. The summed E-state index contributed by atoms with van der Waals surface area (Å²) in [5, 5.41) is 5.95. The molecular weight excluding hydrogens is 498 g/mol. The predicted molar refractivity (Wildman–Crippen MR) is 148 cm³/mol. The number of nitrogen functional groups attached to an aromatic ring is 1. The van der Waals surface area contributed by atoms with Crippen molar-refractivity contribution in [2.45, 2.75) is 46.5 Å². The number of ether oxygens (including phenoxy) is 1. The highest BCUT2D eigenvalue weighted by atomic mass is 32.2. The van der Waals surface area contributed by atoms with E-state index in [1.807, 2.05) is 36.4 Å². The minimum atomic E-state index is -1.47. The van der Waals surface area contributed by atoms with Crippen LogP contribution in [0.4, 0.5) is 5.69 Å². The molecule has 3 aromatic carbocycles. The van der Waals surface area contributed by atoms with E-state index in [2.05, 4.69) is 10.6 Å². The van der Waals surface area contributed by atoms with Gasteiger partial charge in [0.15, 0.2) is 5.78 Å². The van der Waals surface area contributed by atoms with Gasteiger partial charge in [0.25, 0.3) is 0 Å². The number of ketones is 1. The molecule has 3 aromatic rings. The second-order valence-electron chi connectivity index (χ2n) is 10.2. The van der Waals surface area contributed by atoms with Crippen molar-refractivity contribution in [1.29, 1.82) is 0 Å². The van der Waals surface area contributed by atoms with E-state index in [4.69, 9.17) is 21.9 Å². The maximum Gasteiger partial charge on any atom is 0.234 e. The molecule has 8 N–H and O–H groups in total. The van der Waals surface area contributed by atoms with Gasteiger partial charge in [-0.1, -0.05) is 36.4 Å². The Morgan fingerprint density at radius 3 is 2.39 bits per heavy atom. The Balaban J connectivity index is 1.34. The van der Waals surface area contributed by atoms with Gasteiger partial charge in [-0.05, 0) is 73.0 Å². The fraction of sp³-hybridized carbons (Fsp3) is 0.310. The number of thioether (sulfide) groups is 1. The fourth-order valence-corrected chi connectivity index (χ4v) is 7.33. The number of anilines is 1. The van der Waals surface area contributed by atoms with Crippen LogP contribution < -0.4 is 32.6 Å². The van der Waals surface area contributed by atoms with Crippen LogP contribution in [0.25, 0.3) is 0 Å². The summed E-state index contributed by atoms with van der Waals surface area (Å²) in [4.78, 5) is 28.2. The van der Waals surface area contributed by atoms with Crippen molar-refractivity contribution < 1.29 is 14.3 Å². The number of nitrogens with two attached hydrogens (primary N) is 3. The Bertz CT molecular complexity index is 1380. The SMILES string of the molecule is Nc1ccc2c3c1SC(C(=O)NC1CCNCC1)C3C(N)C(=O)C2(N)c1ccc(Oc2ccccc2)cc1. The van der Waals surface area contributed by atoms with Crippen molar-refractivity contribution >= 4 is 29.1 Å². The van der Waals surface area contributed by atoms with E-state index in [1.54, 1.807) is 30.3 Å². The first-order valence-corrected chi connectivity index (χ1v) is 13.8. The lowest BCUT2D eigenvalue weighted by Gasteiger charge is -2.41. The van der Waals surface area contributed by atoms with Gasteiger partial charge in [-0.15, -0.1) is 11.8 Å². The number of rotatable bonds is 5. The van der Waals surface area contributed by atoms with Gasteiger partial charge in [0.2, 0.25) is 5.91 Å². The summed E-state index contributed by atoms with van der Waals surface area (Å²) >= 11 is 1.39. The fourth-order valence-electron chi connectivity index (χ4n) is 5.88. The van der Waals surface area contributed by atoms with Gasteiger partial charge < -0.3 is 32.6 Å². The maximum atomic E-state index is 14.0. The molecule has 9 heteroatoms. The van der Waals surface area contributed by atoms with Gasteiger partial charge in [0, 0.05) is 22.5 Å². The van der Waals surface area contributed by atoms with Gasteiger partial charge in [-0.3, -0.25) is 9.59 Å². The van der Waals surface area contributed by atoms with Crippen molar-refractivity contribution in [2.24, 2.45) is 11.5 Å². The average molecular weight is 530 g/mol. The number of hydrogen-bond acceptors (Lipinski definition) is 8. The number of carbonyl (C=O) groups is 2. The zero-order valence-electron chi connectivity index (χ0n) is 20.9. The lowest BCUT2D eigenvalue weighted by Crippen LogP contribution is -2.60. The van der Waals surface area contributed by atoms with Crippen LogP contribution in [-0.4, -0.2) is 42.1 Å². The van der Waals surface area contributed by atoms with E-state index < -0.39 is 22.7 Å². The zero-order valence-corrected chi connectivity index (χ0v) is 21.7. The molecule has 1 saturated heterocycles. The Morgan fingerprint density at radius 2 is 1.68 bits per heavy atom. The molecular formula is C29H31N5O3S. The lowest BCUT2D eigenvalue weighted by molar-refractivity contribution is -0.126. The molecule has 1 fully saturated rings. The van der Waals surface area contributed by atoms with E-state index in [0.29, 0.717) is 28.3 Å². The molecule has 3 aliphatic rings. The molecule has 4 atom stereocenters. The Morgan fingerprint density at radius 1 is 1.00 bits per heavy atom. The Labute approximate surface area is 225 Å². The molecule has 2 aliphatic heterocycles. The predicted octanol–water partition coefficient (Wildman–Crippen LogP) is 2.60. The van der Waals surface area contributed by atoms with Gasteiger partial charge in [0.05, 0.1) is 11.3 Å². The van der Waals surface area contributed by atoms with Crippen LogP contribution in [0.3, 0.4) is 0 Å². The first kappa shape index (κ1) is 24.9. The number of amides is 1. The second kappa shape index (κ2) is 9.74. The van der Waals surface area contributed by atoms with Crippen LogP contribution in [0, 0.1) is 0 Å². The number of Topliss-reactive ketones (excluding diaryl/α,β-unsaturated/α-hetero) is 1. The number of para-hydroxylation sites is 1. The van der Waals surface area contributed by atoms with Crippen LogP contribution in [0.1, 0.15) is 35.4 Å². The minimum absolute atomic E-state index is 0.102.